The molecule has 0 aliphatic heterocycles. The molecule has 0 radical (unpaired) electrons. The van der Waals surface area contributed by atoms with E-state index < -0.39 is 18.0 Å². The van der Waals surface area contributed by atoms with Crippen molar-refractivity contribution < 1.29 is 23.8 Å². The Balaban J connectivity index is 1.71. The van der Waals surface area contributed by atoms with Gasteiger partial charge in [0, 0.05) is 6.07 Å². The maximum Gasteiger partial charge on any atom is 0.342 e. The number of anilines is 1. The second-order valence-electron chi connectivity index (χ2n) is 5.43. The Hall–Kier alpha value is -3.69. The van der Waals surface area contributed by atoms with Crippen molar-refractivity contribution in [3.63, 3.8) is 0 Å². The zero-order valence-corrected chi connectivity index (χ0v) is 14.8. The standard InChI is InChI=1S/C17H17N5O5/c1-9(16(23)22-15-13-14(19-7-18-13)20-8-21-15)27-17(24)11-5-4-10(25-2)6-12(11)26-3/h4-9H,1-3H3,(H2,18,19,20,21,22,23). The molecule has 2 aromatic heterocycles. The molecule has 2 N–H and O–H groups in total. The van der Waals surface area contributed by atoms with E-state index in [1.165, 1.54) is 39.9 Å². The number of hydrogen-bond acceptors (Lipinski definition) is 8. The number of benzene rings is 1. The van der Waals surface area contributed by atoms with Gasteiger partial charge in [0.15, 0.2) is 17.6 Å². The van der Waals surface area contributed by atoms with Crippen LogP contribution < -0.4 is 14.8 Å². The molecule has 1 atom stereocenters. The fraction of sp³-hybridized carbons (Fsp3) is 0.235. The number of imidazole rings is 1. The first-order chi connectivity index (χ1) is 13.0. The number of hydrogen-bond donors (Lipinski definition) is 2. The minimum absolute atomic E-state index is 0.177. The SMILES string of the molecule is COc1ccc(C(=O)OC(C)C(=O)Nc2ncnc3nc[nH]c23)c(OC)c1. The smallest absolute Gasteiger partial charge is 0.342 e. The number of amides is 1. The van der Waals surface area contributed by atoms with E-state index in [0.717, 1.165) is 0 Å². The number of esters is 1. The van der Waals surface area contributed by atoms with Gasteiger partial charge in [0.25, 0.3) is 5.91 Å². The lowest BCUT2D eigenvalue weighted by molar-refractivity contribution is -0.123. The molecule has 27 heavy (non-hydrogen) atoms. The van der Waals surface area contributed by atoms with Gasteiger partial charge in [-0.1, -0.05) is 0 Å². The highest BCUT2D eigenvalue weighted by atomic mass is 16.5. The van der Waals surface area contributed by atoms with Gasteiger partial charge in [-0.25, -0.2) is 19.7 Å². The molecule has 0 saturated heterocycles. The van der Waals surface area contributed by atoms with Gasteiger partial charge < -0.3 is 24.5 Å². The number of ether oxygens (including phenoxy) is 3. The van der Waals surface area contributed by atoms with E-state index in [1.807, 2.05) is 0 Å². The third-order valence-corrected chi connectivity index (χ3v) is 3.75. The second kappa shape index (κ2) is 7.68. The van der Waals surface area contributed by atoms with Crippen molar-refractivity contribution in [2.75, 3.05) is 19.5 Å². The van der Waals surface area contributed by atoms with Gasteiger partial charge >= 0.3 is 5.97 Å². The first-order valence-electron chi connectivity index (χ1n) is 7.91. The van der Waals surface area contributed by atoms with Crippen LogP contribution in [0.15, 0.2) is 30.9 Å². The van der Waals surface area contributed by atoms with Crippen molar-refractivity contribution in [3.8, 4) is 11.5 Å². The molecule has 1 aromatic carbocycles. The number of aromatic nitrogens is 4. The molecule has 0 fully saturated rings. The molecular formula is C17H17N5O5. The summed E-state index contributed by atoms with van der Waals surface area (Å²) in [4.78, 5) is 39.5. The fourth-order valence-corrected chi connectivity index (χ4v) is 2.32. The zero-order valence-electron chi connectivity index (χ0n) is 14.8. The average Bonchev–Trinajstić information content (AvgIpc) is 3.17. The van der Waals surface area contributed by atoms with Gasteiger partial charge in [-0.3, -0.25) is 4.79 Å². The number of nitrogens with one attached hydrogen (secondary N) is 2. The third-order valence-electron chi connectivity index (χ3n) is 3.75. The monoisotopic (exact) mass is 371 g/mol. The third kappa shape index (κ3) is 3.78. The lowest BCUT2D eigenvalue weighted by atomic mass is 10.2. The van der Waals surface area contributed by atoms with E-state index in [9.17, 15) is 9.59 Å². The summed E-state index contributed by atoms with van der Waals surface area (Å²) < 4.78 is 15.5. The topological polar surface area (TPSA) is 128 Å². The van der Waals surface area contributed by atoms with Crippen molar-refractivity contribution in [2.24, 2.45) is 0 Å². The Labute approximate surface area is 153 Å². The molecule has 10 nitrogen and oxygen atoms in total. The van der Waals surface area contributed by atoms with E-state index in [0.29, 0.717) is 16.9 Å². The highest BCUT2D eigenvalue weighted by Crippen LogP contribution is 2.25. The molecule has 3 rings (SSSR count). The van der Waals surface area contributed by atoms with Crippen molar-refractivity contribution in [1.82, 2.24) is 19.9 Å². The quantitative estimate of drug-likeness (QED) is 0.625. The highest BCUT2D eigenvalue weighted by molar-refractivity contribution is 6.01. The Morgan fingerprint density at radius 1 is 1.15 bits per heavy atom. The number of carbonyl (C=O) groups excluding carboxylic acids is 2. The van der Waals surface area contributed by atoms with E-state index in [-0.39, 0.29) is 17.1 Å². The minimum Gasteiger partial charge on any atom is -0.497 e. The number of carbonyl (C=O) groups is 2. The zero-order chi connectivity index (χ0) is 19.4. The van der Waals surface area contributed by atoms with Gasteiger partial charge in [0.2, 0.25) is 0 Å². The molecule has 0 bridgehead atoms. The van der Waals surface area contributed by atoms with Crippen molar-refractivity contribution >= 4 is 28.9 Å². The first-order valence-corrected chi connectivity index (χ1v) is 7.91. The molecule has 140 valence electrons. The van der Waals surface area contributed by atoms with Crippen LogP contribution >= 0.6 is 0 Å². The molecule has 10 heteroatoms. The van der Waals surface area contributed by atoms with Gasteiger partial charge in [0.05, 0.1) is 20.5 Å². The van der Waals surface area contributed by atoms with Crippen LogP contribution in [-0.4, -0.2) is 52.1 Å². The number of fused-ring (bicyclic) bond motifs is 1. The molecule has 3 aromatic rings. The van der Waals surface area contributed by atoms with Crippen LogP contribution in [0.3, 0.4) is 0 Å². The normalized spacial score (nSPS) is 11.7. The summed E-state index contributed by atoms with van der Waals surface area (Å²) in [6.07, 6.45) is 1.64. The number of rotatable bonds is 6. The van der Waals surface area contributed by atoms with Crippen LogP contribution in [0.1, 0.15) is 17.3 Å². The Morgan fingerprint density at radius 2 is 1.96 bits per heavy atom. The molecule has 0 spiro atoms. The molecule has 1 unspecified atom stereocenters. The van der Waals surface area contributed by atoms with Gasteiger partial charge in [-0.05, 0) is 19.1 Å². The van der Waals surface area contributed by atoms with Crippen LogP contribution in [0.5, 0.6) is 11.5 Å². The van der Waals surface area contributed by atoms with Crippen LogP contribution in [0.2, 0.25) is 0 Å². The van der Waals surface area contributed by atoms with Crippen LogP contribution in [0.25, 0.3) is 11.2 Å². The fourth-order valence-electron chi connectivity index (χ4n) is 2.32. The summed E-state index contributed by atoms with van der Waals surface area (Å²) in [5.74, 6) is -0.201. The molecule has 0 saturated carbocycles. The Morgan fingerprint density at radius 3 is 2.70 bits per heavy atom. The molecule has 0 aliphatic rings. The summed E-state index contributed by atoms with van der Waals surface area (Å²) in [5, 5.41) is 2.58. The molecule has 0 aliphatic carbocycles. The van der Waals surface area contributed by atoms with Gasteiger partial charge in [-0.2, -0.15) is 0 Å². The summed E-state index contributed by atoms with van der Waals surface area (Å²) in [7, 11) is 2.93. The highest BCUT2D eigenvalue weighted by Gasteiger charge is 2.23. The van der Waals surface area contributed by atoms with Crippen LogP contribution in [0.4, 0.5) is 5.82 Å². The Bertz CT molecular complexity index is 987. The Kier molecular flexibility index (Phi) is 5.15. The molecule has 2 heterocycles. The second-order valence-corrected chi connectivity index (χ2v) is 5.43. The molecular weight excluding hydrogens is 354 g/mol. The summed E-state index contributed by atoms with van der Waals surface area (Å²) in [5.41, 5.74) is 1.06. The van der Waals surface area contributed by atoms with E-state index in [2.05, 4.69) is 25.3 Å². The van der Waals surface area contributed by atoms with Crippen LogP contribution in [0, 0.1) is 0 Å². The average molecular weight is 371 g/mol. The number of H-pyrrole nitrogens is 1. The lowest BCUT2D eigenvalue weighted by Gasteiger charge is -2.15. The summed E-state index contributed by atoms with van der Waals surface area (Å²) in [6, 6.07) is 4.65. The van der Waals surface area contributed by atoms with Gasteiger partial charge in [0.1, 0.15) is 28.9 Å². The van der Waals surface area contributed by atoms with Crippen molar-refractivity contribution in [2.45, 2.75) is 13.0 Å². The van der Waals surface area contributed by atoms with Crippen LogP contribution in [-0.2, 0) is 9.53 Å². The predicted octanol–water partition coefficient (Wildman–Crippen LogP) is 1.55. The number of methoxy groups -OCH3 is 2. The summed E-state index contributed by atoms with van der Waals surface area (Å²) >= 11 is 0. The lowest BCUT2D eigenvalue weighted by Crippen LogP contribution is -2.30. The van der Waals surface area contributed by atoms with Crippen molar-refractivity contribution in [1.29, 1.82) is 0 Å². The van der Waals surface area contributed by atoms with Crippen molar-refractivity contribution in [3.05, 3.63) is 36.4 Å². The number of nitrogens with zero attached hydrogens (tertiary/aromatic N) is 3. The van der Waals surface area contributed by atoms with Gasteiger partial charge in [-0.15, -0.1) is 0 Å². The predicted molar refractivity (Wildman–Crippen MR) is 94.7 cm³/mol. The maximum absolute atomic E-state index is 12.4. The molecule has 1 amide bonds. The number of aromatic amines is 1. The van der Waals surface area contributed by atoms with E-state index >= 15 is 0 Å². The van der Waals surface area contributed by atoms with E-state index in [4.69, 9.17) is 14.2 Å². The minimum atomic E-state index is -1.07. The largest absolute Gasteiger partial charge is 0.497 e. The first kappa shape index (κ1) is 18.1. The summed E-state index contributed by atoms with van der Waals surface area (Å²) in [6.45, 7) is 1.45. The van der Waals surface area contributed by atoms with E-state index in [1.54, 1.807) is 12.1 Å². The maximum atomic E-state index is 12.4.